The molecule has 26 heavy (non-hydrogen) atoms. The summed E-state index contributed by atoms with van der Waals surface area (Å²) in [7, 11) is -4.24. The van der Waals surface area contributed by atoms with Crippen LogP contribution in [0.25, 0.3) is 0 Å². The van der Waals surface area contributed by atoms with Crippen LogP contribution in [-0.4, -0.2) is 14.6 Å². The maximum Gasteiger partial charge on any atom is 0.416 e. The molecule has 0 aliphatic heterocycles. The Bertz CT molecular complexity index is 893. The molecular formula is C19H17F3O3S. The maximum atomic E-state index is 12.4. The van der Waals surface area contributed by atoms with E-state index in [0.29, 0.717) is 6.42 Å². The van der Waals surface area contributed by atoms with Crippen molar-refractivity contribution < 1.29 is 25.8 Å². The van der Waals surface area contributed by atoms with Crippen molar-refractivity contribution in [1.29, 1.82) is 0 Å². The average Bonchev–Trinajstić information content (AvgIpc) is 2.58. The third kappa shape index (κ3) is 6.43. The fourth-order valence-corrected chi connectivity index (χ4v) is 3.05. The summed E-state index contributed by atoms with van der Waals surface area (Å²) in [6, 6.07) is 14.8. The molecule has 7 heteroatoms. The summed E-state index contributed by atoms with van der Waals surface area (Å²) in [4.78, 5) is -0.130. The summed E-state index contributed by atoms with van der Waals surface area (Å²) in [5, 5.41) is 0. The Labute approximate surface area is 150 Å². The molecule has 2 aromatic carbocycles. The van der Waals surface area contributed by atoms with Crippen LogP contribution in [0.15, 0.2) is 77.1 Å². The molecule has 2 rings (SSSR count). The molecule has 0 aliphatic carbocycles. The summed E-state index contributed by atoms with van der Waals surface area (Å²) in [6.07, 6.45) is -4.49. The number of aryl methyl sites for hydroxylation is 2. The van der Waals surface area contributed by atoms with Gasteiger partial charge in [-0.25, -0.2) is 0 Å². The Kier molecular flexibility index (Phi) is 6.29. The van der Waals surface area contributed by atoms with E-state index >= 15 is 0 Å². The lowest BCUT2D eigenvalue weighted by molar-refractivity contribution is -0.0797. The molecule has 0 unspecified atom stereocenters. The van der Waals surface area contributed by atoms with Gasteiger partial charge in [-0.3, -0.25) is 0 Å². The standard InChI is InChI=1S/C19H17F3O3S/c1-15-7-11-18(12-8-15)26(23,24)25-17(13-14-19(20,21)22)10-9-16-5-3-2-4-6-16/h2-8,11-12,14H,9-10H2,1H3. The Morgan fingerprint density at radius 2 is 1.69 bits per heavy atom. The fraction of sp³-hybridized carbons (Fsp3) is 0.211. The third-order valence-electron chi connectivity index (χ3n) is 3.40. The van der Waals surface area contributed by atoms with Gasteiger partial charge in [0.05, 0.1) is 6.08 Å². The van der Waals surface area contributed by atoms with Crippen LogP contribution >= 0.6 is 0 Å². The zero-order chi connectivity index (χ0) is 19.2. The Morgan fingerprint density at radius 3 is 2.27 bits per heavy atom. The van der Waals surface area contributed by atoms with Crippen LogP contribution in [0.5, 0.6) is 0 Å². The molecule has 0 bridgehead atoms. The van der Waals surface area contributed by atoms with Gasteiger partial charge in [0.25, 0.3) is 0 Å². The molecule has 0 amide bonds. The van der Waals surface area contributed by atoms with Gasteiger partial charge in [0, 0.05) is 6.42 Å². The lowest BCUT2D eigenvalue weighted by atomic mass is 10.1. The lowest BCUT2D eigenvalue weighted by Crippen LogP contribution is -2.07. The highest BCUT2D eigenvalue weighted by molar-refractivity contribution is 7.86. The van der Waals surface area contributed by atoms with Crippen LogP contribution in [0, 0.1) is 6.92 Å². The molecule has 0 aliphatic rings. The number of alkyl halides is 3. The minimum absolute atomic E-state index is 0.0400. The fourth-order valence-electron chi connectivity index (χ4n) is 2.09. The monoisotopic (exact) mass is 382 g/mol. The van der Waals surface area contributed by atoms with Gasteiger partial charge < -0.3 is 4.18 Å². The normalized spacial score (nSPS) is 11.5. The average molecular weight is 382 g/mol. The van der Waals surface area contributed by atoms with E-state index in [1.54, 1.807) is 43.3 Å². The second kappa shape index (κ2) is 8.25. The number of benzene rings is 2. The molecule has 0 fully saturated rings. The molecule has 0 N–H and O–H groups in total. The van der Waals surface area contributed by atoms with Gasteiger partial charge in [0.1, 0.15) is 4.90 Å². The number of allylic oxidation sites excluding steroid dienone is 1. The van der Waals surface area contributed by atoms with Crippen LogP contribution in [0.4, 0.5) is 13.2 Å². The van der Waals surface area contributed by atoms with Gasteiger partial charge >= 0.3 is 16.3 Å². The van der Waals surface area contributed by atoms with Crippen LogP contribution in [0.3, 0.4) is 0 Å². The molecule has 0 saturated heterocycles. The first-order chi connectivity index (χ1) is 12.2. The van der Waals surface area contributed by atoms with E-state index in [1.807, 2.05) is 11.8 Å². The van der Waals surface area contributed by atoms with Crippen molar-refractivity contribution in [3.8, 4) is 0 Å². The lowest BCUT2D eigenvalue weighted by Gasteiger charge is -2.09. The zero-order valence-corrected chi connectivity index (χ0v) is 14.8. The second-order valence-corrected chi connectivity index (χ2v) is 7.14. The van der Waals surface area contributed by atoms with Crippen LogP contribution in [0.2, 0.25) is 0 Å². The number of hydrogen-bond donors (Lipinski definition) is 0. The van der Waals surface area contributed by atoms with E-state index in [0.717, 1.165) is 11.1 Å². The smallest absolute Gasteiger partial charge is 0.375 e. The first-order valence-corrected chi connectivity index (χ1v) is 9.15. The van der Waals surface area contributed by atoms with E-state index < -0.39 is 22.1 Å². The van der Waals surface area contributed by atoms with Crippen molar-refractivity contribution in [2.24, 2.45) is 0 Å². The predicted molar refractivity (Wildman–Crippen MR) is 91.9 cm³/mol. The first kappa shape index (κ1) is 19.8. The zero-order valence-electron chi connectivity index (χ0n) is 14.0. The largest absolute Gasteiger partial charge is 0.416 e. The second-order valence-electron chi connectivity index (χ2n) is 5.59. The highest BCUT2D eigenvalue weighted by atomic mass is 32.2. The Morgan fingerprint density at radius 1 is 1.08 bits per heavy atom. The molecule has 0 aromatic heterocycles. The molecule has 0 atom stereocenters. The molecule has 0 radical (unpaired) electrons. The van der Waals surface area contributed by atoms with Crippen molar-refractivity contribution in [2.45, 2.75) is 30.8 Å². The van der Waals surface area contributed by atoms with Gasteiger partial charge in [-0.05, 0) is 31.0 Å². The number of rotatable bonds is 6. The predicted octanol–water partition coefficient (Wildman–Crippen LogP) is 4.93. The number of hydrogen-bond acceptors (Lipinski definition) is 3. The Balaban J connectivity index is 2.26. The van der Waals surface area contributed by atoms with Gasteiger partial charge in [-0.15, -0.1) is 0 Å². The van der Waals surface area contributed by atoms with Crippen LogP contribution < -0.4 is 0 Å². The maximum absolute atomic E-state index is 12.4. The summed E-state index contributed by atoms with van der Waals surface area (Å²) < 4.78 is 66.9. The van der Waals surface area contributed by atoms with Gasteiger partial charge in [0.15, 0.2) is 5.76 Å². The van der Waals surface area contributed by atoms with Crippen LogP contribution in [-0.2, 0) is 20.7 Å². The van der Waals surface area contributed by atoms with E-state index in [-0.39, 0.29) is 17.4 Å². The molecule has 3 nitrogen and oxygen atoms in total. The number of halogens is 3. The summed E-state index contributed by atoms with van der Waals surface area (Å²) in [5.41, 5.74) is 3.62. The first-order valence-electron chi connectivity index (χ1n) is 7.74. The molecule has 0 heterocycles. The quantitative estimate of drug-likeness (QED) is 0.404. The van der Waals surface area contributed by atoms with E-state index in [4.69, 9.17) is 4.18 Å². The van der Waals surface area contributed by atoms with Crippen LogP contribution in [0.1, 0.15) is 17.5 Å². The van der Waals surface area contributed by atoms with Gasteiger partial charge in [-0.1, -0.05) is 53.8 Å². The molecular weight excluding hydrogens is 365 g/mol. The highest BCUT2D eigenvalue weighted by Crippen LogP contribution is 2.21. The highest BCUT2D eigenvalue weighted by Gasteiger charge is 2.23. The van der Waals surface area contributed by atoms with Crippen molar-refractivity contribution in [1.82, 2.24) is 0 Å². The van der Waals surface area contributed by atoms with E-state index in [1.165, 1.54) is 12.1 Å². The third-order valence-corrected chi connectivity index (χ3v) is 4.67. The Hall–Kier alpha value is -2.50. The minimum atomic E-state index is -4.62. The van der Waals surface area contributed by atoms with Crippen molar-refractivity contribution in [3.63, 3.8) is 0 Å². The molecule has 2 aromatic rings. The summed E-state index contributed by atoms with van der Waals surface area (Å²) in [5.74, 6) is -0.397. The molecule has 0 spiro atoms. The summed E-state index contributed by atoms with van der Waals surface area (Å²) >= 11 is 0. The summed E-state index contributed by atoms with van der Waals surface area (Å²) in [6.45, 7) is 1.79. The van der Waals surface area contributed by atoms with Crippen molar-refractivity contribution in [3.05, 3.63) is 83.3 Å². The van der Waals surface area contributed by atoms with Gasteiger partial charge in [-0.2, -0.15) is 21.6 Å². The molecule has 0 saturated carbocycles. The molecule has 138 valence electrons. The topological polar surface area (TPSA) is 43.4 Å². The minimum Gasteiger partial charge on any atom is -0.375 e. The van der Waals surface area contributed by atoms with E-state index in [9.17, 15) is 21.6 Å². The van der Waals surface area contributed by atoms with E-state index in [2.05, 4.69) is 0 Å². The van der Waals surface area contributed by atoms with Crippen molar-refractivity contribution in [2.75, 3.05) is 0 Å². The van der Waals surface area contributed by atoms with Crippen molar-refractivity contribution >= 4 is 10.1 Å². The van der Waals surface area contributed by atoms with Gasteiger partial charge in [0.2, 0.25) is 0 Å². The SMILES string of the molecule is Cc1ccc(S(=O)(=O)OC(=C=CC(F)(F)F)CCc2ccccc2)cc1.